The number of rotatable bonds is 19. The number of hydrogen-bond donors (Lipinski definition) is 1. The van der Waals surface area contributed by atoms with Crippen LogP contribution in [0, 0.1) is 0 Å². The Balaban J connectivity index is 0.000000276. The van der Waals surface area contributed by atoms with Crippen molar-refractivity contribution in [1.29, 1.82) is 0 Å². The molecule has 0 saturated heterocycles. The normalized spacial score (nSPS) is 20.6. The van der Waals surface area contributed by atoms with Crippen molar-refractivity contribution < 1.29 is 69.6 Å². The van der Waals surface area contributed by atoms with Crippen LogP contribution in [0.25, 0.3) is 0 Å². The smallest absolute Gasteiger partial charge is 0.417 e. The molecule has 2 aliphatic carbocycles. The van der Waals surface area contributed by atoms with E-state index in [0.717, 1.165) is 102 Å². The molecule has 0 bridgehead atoms. The number of benzene rings is 2. The van der Waals surface area contributed by atoms with Crippen LogP contribution in [-0.4, -0.2) is 113 Å². The van der Waals surface area contributed by atoms with Crippen molar-refractivity contribution in [3.63, 3.8) is 0 Å². The van der Waals surface area contributed by atoms with Crippen molar-refractivity contribution in [2.75, 3.05) is 42.7 Å². The van der Waals surface area contributed by atoms with Gasteiger partial charge in [-0.3, -0.25) is 24.0 Å². The summed E-state index contributed by atoms with van der Waals surface area (Å²) in [6.07, 6.45) is 3.88. The van der Waals surface area contributed by atoms with Crippen molar-refractivity contribution in [1.82, 2.24) is 9.80 Å². The molecule has 0 radical (unpaired) electrons. The first-order chi connectivity index (χ1) is 34.7. The summed E-state index contributed by atoms with van der Waals surface area (Å²) in [6, 6.07) is 3.17. The van der Waals surface area contributed by atoms with Gasteiger partial charge in [-0.25, -0.2) is 0 Å². The van der Waals surface area contributed by atoms with Crippen LogP contribution in [0.3, 0.4) is 0 Å². The summed E-state index contributed by atoms with van der Waals surface area (Å²) in [7, 11) is 0. The van der Waals surface area contributed by atoms with Gasteiger partial charge in [0.25, 0.3) is 23.6 Å². The number of amides is 4. The van der Waals surface area contributed by atoms with Gasteiger partial charge >= 0.3 is 12.4 Å². The van der Waals surface area contributed by atoms with E-state index < -0.39 is 76.0 Å². The van der Waals surface area contributed by atoms with Crippen molar-refractivity contribution >= 4 is 40.8 Å². The number of halogens is 6. The molecule has 13 nitrogen and oxygen atoms in total. The average molecular weight is 1050 g/mol. The third kappa shape index (κ3) is 13.9. The van der Waals surface area contributed by atoms with Crippen LogP contribution in [0.5, 0.6) is 11.5 Å². The van der Waals surface area contributed by atoms with Crippen LogP contribution in [0.2, 0.25) is 0 Å². The van der Waals surface area contributed by atoms with Gasteiger partial charge in [0.15, 0.2) is 5.78 Å². The summed E-state index contributed by atoms with van der Waals surface area (Å²) in [5.41, 5.74) is -6.18. The van der Waals surface area contributed by atoms with Gasteiger partial charge in [-0.15, -0.1) is 0 Å². The van der Waals surface area contributed by atoms with E-state index in [9.17, 15) is 55.4 Å². The highest BCUT2D eigenvalue weighted by Crippen LogP contribution is 2.47. The molecular formula is C55H78F6N4O9. The van der Waals surface area contributed by atoms with Crippen LogP contribution in [0.1, 0.15) is 197 Å². The minimum atomic E-state index is -4.82. The minimum absolute atomic E-state index is 0.121. The van der Waals surface area contributed by atoms with Gasteiger partial charge in [0.2, 0.25) is 11.2 Å². The molecule has 1 N–H and O–H groups in total. The molecular weight excluding hydrogens is 975 g/mol. The lowest BCUT2D eigenvalue weighted by molar-refractivity contribution is -0.142. The Morgan fingerprint density at radius 3 is 1.38 bits per heavy atom. The molecule has 2 atom stereocenters. The lowest BCUT2D eigenvalue weighted by Crippen LogP contribution is -2.57. The van der Waals surface area contributed by atoms with E-state index >= 15 is 0 Å². The molecule has 4 amide bonds. The highest BCUT2D eigenvalue weighted by atomic mass is 19.4. The monoisotopic (exact) mass is 1050 g/mol. The number of hydrogen-bond acceptors (Lipinski definition) is 9. The molecule has 6 rings (SSSR count). The first-order valence-electron chi connectivity index (χ1n) is 26.6. The maximum atomic E-state index is 14.4. The van der Waals surface area contributed by atoms with E-state index in [-0.39, 0.29) is 79.1 Å². The summed E-state index contributed by atoms with van der Waals surface area (Å²) in [4.78, 5) is 71.7. The number of alkyl halides is 6. The fourth-order valence-corrected chi connectivity index (χ4v) is 10.6. The predicted molar refractivity (Wildman–Crippen MR) is 270 cm³/mol. The van der Waals surface area contributed by atoms with E-state index in [1.165, 1.54) is 42.7 Å². The molecule has 4 aliphatic rings. The predicted octanol–water partition coefficient (Wildman–Crippen LogP) is 11.7. The zero-order valence-electron chi connectivity index (χ0n) is 44.7. The van der Waals surface area contributed by atoms with E-state index in [1.54, 1.807) is 9.80 Å². The molecule has 2 saturated carbocycles. The zero-order valence-corrected chi connectivity index (χ0v) is 44.7. The number of carbonyl (C=O) groups is 5. The number of ether oxygens (including phenoxy) is 3. The molecule has 0 spiro atoms. The Morgan fingerprint density at radius 2 is 1.04 bits per heavy atom. The fraction of sp³-hybridized carbons (Fsp3) is 0.691. The molecule has 74 heavy (non-hydrogen) atoms. The van der Waals surface area contributed by atoms with E-state index in [2.05, 4.69) is 0 Å². The van der Waals surface area contributed by atoms with E-state index in [4.69, 9.17) is 14.2 Å². The number of Topliss-reactive ketones (excluding diaryl/α,β-unsaturated/α-hetero) is 1. The fourth-order valence-electron chi connectivity index (χ4n) is 10.6. The molecule has 2 unspecified atom stereocenters. The van der Waals surface area contributed by atoms with Gasteiger partial charge in [0.1, 0.15) is 18.1 Å². The van der Waals surface area contributed by atoms with Gasteiger partial charge in [0, 0.05) is 37.3 Å². The standard InChI is InChI=1S/C29H41F3N2O5.C26H37F3N2O4/c1-6-7-11-14-33-24-15-22(26(36)34(19(2)3)21-12-9-8-10-13-21)23(29(30,31)32)16-25(24)39-28(5,27(33)37)18-38-17-20(4)35;1-5-6-10-13-30-21-14-19(23(33)31(17(2)3)18-11-8-7-9-12-18)20(26(27,28)29)15-22(21)35-25(4,16-32)24(30)34/h15-16,19,21H,6-14,17-18H2,1-5H3;14-15,17-18,32H,5-13,16H2,1-4H3. The number of fused-ring (bicyclic) bond motifs is 2. The van der Waals surface area contributed by atoms with Crippen LogP contribution >= 0.6 is 0 Å². The Hall–Kier alpha value is -4.91. The van der Waals surface area contributed by atoms with Gasteiger partial charge in [-0.1, -0.05) is 78.1 Å². The molecule has 2 fully saturated rings. The number of nitrogens with zero attached hydrogens (tertiary/aromatic N) is 4. The largest absolute Gasteiger partial charge is 0.473 e. The van der Waals surface area contributed by atoms with Crippen molar-refractivity contribution in [3.05, 3.63) is 46.5 Å². The average Bonchev–Trinajstić information content (AvgIpc) is 3.33. The highest BCUT2D eigenvalue weighted by Gasteiger charge is 2.50. The molecule has 2 heterocycles. The number of anilines is 2. The molecule has 2 aromatic carbocycles. The molecule has 2 aromatic rings. The van der Waals surface area contributed by atoms with Crippen molar-refractivity contribution in [3.8, 4) is 11.5 Å². The number of ketones is 1. The number of aliphatic hydroxyl groups is 1. The van der Waals surface area contributed by atoms with Gasteiger partial charge in [0.05, 0.1) is 46.8 Å². The summed E-state index contributed by atoms with van der Waals surface area (Å²) in [5, 5.41) is 9.83. The van der Waals surface area contributed by atoms with E-state index in [1.807, 2.05) is 41.5 Å². The summed E-state index contributed by atoms with van der Waals surface area (Å²) >= 11 is 0. The summed E-state index contributed by atoms with van der Waals surface area (Å²) in [6.45, 7) is 14.7. The molecule has 0 aromatic heterocycles. The Morgan fingerprint density at radius 1 is 0.662 bits per heavy atom. The molecule has 414 valence electrons. The summed E-state index contributed by atoms with van der Waals surface area (Å²) < 4.78 is 103. The highest BCUT2D eigenvalue weighted by molar-refractivity contribution is 6.06. The second-order valence-electron chi connectivity index (χ2n) is 21.3. The number of unbranched alkanes of at least 4 members (excludes halogenated alkanes) is 4. The first-order valence-corrected chi connectivity index (χ1v) is 26.6. The van der Waals surface area contributed by atoms with Crippen LogP contribution in [-0.2, 0) is 31.5 Å². The van der Waals surface area contributed by atoms with E-state index in [0.29, 0.717) is 12.8 Å². The molecule has 19 heteroatoms. The Bertz CT molecular complexity index is 2290. The lowest BCUT2D eigenvalue weighted by atomic mass is 9.92. The van der Waals surface area contributed by atoms with Gasteiger partial charge in [-0.05, 0) is 111 Å². The first kappa shape index (κ1) is 60.0. The van der Waals surface area contributed by atoms with Crippen molar-refractivity contribution in [2.24, 2.45) is 0 Å². The topological polar surface area (TPSA) is 146 Å². The maximum Gasteiger partial charge on any atom is 0.417 e. The van der Waals surface area contributed by atoms with Gasteiger partial charge in [-0.2, -0.15) is 26.3 Å². The maximum absolute atomic E-state index is 14.4. The third-order valence-electron chi connectivity index (χ3n) is 14.4. The van der Waals surface area contributed by atoms with Crippen molar-refractivity contribution in [2.45, 2.75) is 213 Å². The summed E-state index contributed by atoms with van der Waals surface area (Å²) in [5.74, 6) is -2.94. The van der Waals surface area contributed by atoms with Gasteiger partial charge < -0.3 is 38.9 Å². The van der Waals surface area contributed by atoms with Crippen LogP contribution < -0.4 is 19.3 Å². The Labute approximate surface area is 432 Å². The second-order valence-corrected chi connectivity index (χ2v) is 21.3. The Kier molecular flexibility index (Phi) is 20.5. The lowest BCUT2D eigenvalue weighted by Gasteiger charge is -2.42. The third-order valence-corrected chi connectivity index (χ3v) is 14.4. The number of carbonyl (C=O) groups excluding carboxylic acids is 5. The molecule has 2 aliphatic heterocycles. The zero-order chi connectivity index (χ0) is 54.9. The minimum Gasteiger partial charge on any atom is -0.473 e. The second kappa shape index (κ2) is 25.3. The quantitative estimate of drug-likeness (QED) is 0.107. The van der Waals surface area contributed by atoms with Crippen LogP contribution in [0.15, 0.2) is 24.3 Å². The number of aliphatic hydroxyl groups excluding tert-OH is 1. The SMILES string of the molecule is CCCCCN1C(=O)C(C)(CO)Oc2cc(C(F)(F)F)c(C(=O)N(C(C)C)C3CCCCC3)cc21.CCCCCN1C(=O)C(C)(COCC(C)=O)Oc2cc(C(F)(F)F)c(C(=O)N(C(C)C)C3CCCCC3)cc21. The van der Waals surface area contributed by atoms with Crippen LogP contribution in [0.4, 0.5) is 37.7 Å².